The van der Waals surface area contributed by atoms with E-state index in [0.29, 0.717) is 33.9 Å². The number of hydrogen-bond donors (Lipinski definition) is 1. The lowest BCUT2D eigenvalue weighted by atomic mass is 10.2. The van der Waals surface area contributed by atoms with Gasteiger partial charge in [0, 0.05) is 10.6 Å². The highest BCUT2D eigenvalue weighted by atomic mass is 35.5. The average molecular weight is 475 g/mol. The van der Waals surface area contributed by atoms with Crippen LogP contribution in [-0.2, 0) is 16.1 Å². The second-order valence-electron chi connectivity index (χ2n) is 6.64. The predicted molar refractivity (Wildman–Crippen MR) is 122 cm³/mol. The Morgan fingerprint density at radius 3 is 2.59 bits per heavy atom. The Morgan fingerprint density at radius 2 is 1.94 bits per heavy atom. The topological polar surface area (TPSA) is 95.3 Å². The molecule has 0 aliphatic carbocycles. The van der Waals surface area contributed by atoms with Crippen molar-refractivity contribution in [1.82, 2.24) is 20.1 Å². The number of thioether (sulfide) groups is 1. The maximum absolute atomic E-state index is 12.6. The summed E-state index contributed by atoms with van der Waals surface area (Å²) in [5.74, 6) is 0.558. The van der Waals surface area contributed by atoms with Gasteiger partial charge in [0.15, 0.2) is 11.0 Å². The van der Waals surface area contributed by atoms with Crippen LogP contribution in [0.3, 0.4) is 0 Å². The van der Waals surface area contributed by atoms with Crippen LogP contribution in [0.25, 0.3) is 5.69 Å². The third-order valence-electron chi connectivity index (χ3n) is 4.43. The average Bonchev–Trinajstić information content (AvgIpc) is 3.19. The van der Waals surface area contributed by atoms with Gasteiger partial charge in [0.2, 0.25) is 0 Å². The molecule has 1 atom stereocenters. The van der Waals surface area contributed by atoms with E-state index in [1.807, 2.05) is 6.07 Å². The number of carbonyl (C=O) groups is 2. The number of amides is 1. The Kier molecular flexibility index (Phi) is 8.13. The van der Waals surface area contributed by atoms with E-state index in [2.05, 4.69) is 15.5 Å². The highest BCUT2D eigenvalue weighted by molar-refractivity contribution is 8.00. The first-order valence-corrected chi connectivity index (χ1v) is 11.1. The minimum absolute atomic E-state index is 0.124. The van der Waals surface area contributed by atoms with Crippen LogP contribution in [0, 0.1) is 0 Å². The number of halogens is 1. The molecule has 10 heteroatoms. The van der Waals surface area contributed by atoms with Gasteiger partial charge in [-0.3, -0.25) is 14.2 Å². The first-order chi connectivity index (χ1) is 15.4. The van der Waals surface area contributed by atoms with Crippen LogP contribution in [0.2, 0.25) is 5.02 Å². The summed E-state index contributed by atoms with van der Waals surface area (Å²) in [5, 5.41) is 11.9. The van der Waals surface area contributed by atoms with Crippen LogP contribution in [0.15, 0.2) is 53.7 Å². The van der Waals surface area contributed by atoms with Crippen molar-refractivity contribution in [1.29, 1.82) is 0 Å². The van der Waals surface area contributed by atoms with Gasteiger partial charge in [0.25, 0.3) is 5.91 Å². The van der Waals surface area contributed by atoms with Gasteiger partial charge in [0.05, 0.1) is 25.9 Å². The van der Waals surface area contributed by atoms with E-state index in [4.69, 9.17) is 21.1 Å². The summed E-state index contributed by atoms with van der Waals surface area (Å²) in [5.41, 5.74) is 1.21. The lowest BCUT2D eigenvalue weighted by Crippen LogP contribution is -2.24. The maximum Gasteiger partial charge on any atom is 0.319 e. The quantitative estimate of drug-likeness (QED) is 0.371. The zero-order valence-electron chi connectivity index (χ0n) is 17.9. The molecule has 8 nitrogen and oxygen atoms in total. The van der Waals surface area contributed by atoms with Crippen molar-refractivity contribution in [2.45, 2.75) is 30.8 Å². The number of ether oxygens (including phenoxy) is 2. The van der Waals surface area contributed by atoms with Gasteiger partial charge in [-0.1, -0.05) is 29.4 Å². The van der Waals surface area contributed by atoms with Crippen molar-refractivity contribution >= 4 is 35.2 Å². The first-order valence-electron chi connectivity index (χ1n) is 9.88. The van der Waals surface area contributed by atoms with E-state index in [-0.39, 0.29) is 18.4 Å². The summed E-state index contributed by atoms with van der Waals surface area (Å²) in [6.45, 7) is 3.92. The summed E-state index contributed by atoms with van der Waals surface area (Å²) in [6, 6.07) is 14.0. The molecule has 0 saturated carbocycles. The Hall–Kier alpha value is -3.04. The monoisotopic (exact) mass is 474 g/mol. The molecule has 2 aromatic carbocycles. The van der Waals surface area contributed by atoms with Gasteiger partial charge in [0.1, 0.15) is 11.0 Å². The van der Waals surface area contributed by atoms with Gasteiger partial charge in [-0.15, -0.1) is 10.2 Å². The summed E-state index contributed by atoms with van der Waals surface area (Å²) in [7, 11) is 1.57. The van der Waals surface area contributed by atoms with E-state index in [0.717, 1.165) is 5.69 Å². The predicted octanol–water partition coefficient (Wildman–Crippen LogP) is 3.90. The molecule has 0 spiro atoms. The fraction of sp³-hybridized carbons (Fsp3) is 0.273. The molecule has 0 radical (unpaired) electrons. The summed E-state index contributed by atoms with van der Waals surface area (Å²) < 4.78 is 12.0. The van der Waals surface area contributed by atoms with Crippen LogP contribution in [-0.4, -0.2) is 45.6 Å². The smallest absolute Gasteiger partial charge is 0.319 e. The molecule has 1 heterocycles. The van der Waals surface area contributed by atoms with E-state index >= 15 is 0 Å². The Morgan fingerprint density at radius 1 is 1.19 bits per heavy atom. The van der Waals surface area contributed by atoms with Gasteiger partial charge in [-0.25, -0.2) is 0 Å². The number of aromatic nitrogens is 3. The number of hydrogen-bond acceptors (Lipinski definition) is 7. The molecular formula is C22H23ClN4O4S. The van der Waals surface area contributed by atoms with Crippen LogP contribution in [0.5, 0.6) is 5.75 Å². The molecule has 0 unspecified atom stereocenters. The fourth-order valence-corrected chi connectivity index (χ4v) is 3.90. The van der Waals surface area contributed by atoms with Crippen molar-refractivity contribution in [3.8, 4) is 11.4 Å². The summed E-state index contributed by atoms with van der Waals surface area (Å²) in [4.78, 5) is 24.7. The van der Waals surface area contributed by atoms with Gasteiger partial charge < -0.3 is 14.8 Å². The van der Waals surface area contributed by atoms with Crippen molar-refractivity contribution in [3.05, 3.63) is 64.9 Å². The first kappa shape index (κ1) is 23.6. The molecule has 3 aromatic rings. The number of nitrogens with one attached hydrogen (secondary N) is 1. The largest absolute Gasteiger partial charge is 0.497 e. The molecule has 168 valence electrons. The molecule has 0 saturated heterocycles. The lowest BCUT2D eigenvalue weighted by Gasteiger charge is -2.13. The van der Waals surface area contributed by atoms with Crippen molar-refractivity contribution < 1.29 is 19.1 Å². The zero-order valence-corrected chi connectivity index (χ0v) is 19.4. The number of esters is 1. The number of nitrogens with zero attached hydrogens (tertiary/aromatic N) is 3. The highest BCUT2D eigenvalue weighted by Crippen LogP contribution is 2.27. The summed E-state index contributed by atoms with van der Waals surface area (Å²) >= 11 is 7.40. The standard InChI is InChI=1S/C22H23ClN4O4S/c1-4-31-21(29)14(2)32-22-26-25-19(27(22)17-7-5-6-16(23)12-17)13-24-20(28)15-8-10-18(30-3)11-9-15/h5-12,14H,4,13H2,1-3H3,(H,24,28)/t14-/m0/s1. The van der Waals surface area contributed by atoms with E-state index < -0.39 is 5.25 Å². The van der Waals surface area contributed by atoms with Gasteiger partial charge in [-0.2, -0.15) is 0 Å². The van der Waals surface area contributed by atoms with Crippen LogP contribution in [0.4, 0.5) is 0 Å². The van der Waals surface area contributed by atoms with Gasteiger partial charge in [-0.05, 0) is 56.3 Å². The minimum atomic E-state index is -0.487. The number of benzene rings is 2. The molecule has 0 fully saturated rings. The number of methoxy groups -OCH3 is 1. The maximum atomic E-state index is 12.6. The minimum Gasteiger partial charge on any atom is -0.497 e. The molecular weight excluding hydrogens is 452 g/mol. The second kappa shape index (κ2) is 11.0. The number of carbonyl (C=O) groups excluding carboxylic acids is 2. The fourth-order valence-electron chi connectivity index (χ4n) is 2.84. The van der Waals surface area contributed by atoms with Crippen molar-refractivity contribution in [2.24, 2.45) is 0 Å². The zero-order chi connectivity index (χ0) is 23.1. The van der Waals surface area contributed by atoms with Crippen LogP contribution < -0.4 is 10.1 Å². The Balaban J connectivity index is 1.84. The molecule has 3 rings (SSSR count). The van der Waals surface area contributed by atoms with Crippen LogP contribution >= 0.6 is 23.4 Å². The molecule has 0 aliphatic rings. The molecule has 1 aromatic heterocycles. The number of rotatable bonds is 9. The molecule has 1 amide bonds. The van der Waals surface area contributed by atoms with Crippen molar-refractivity contribution in [3.63, 3.8) is 0 Å². The molecule has 0 bridgehead atoms. The molecule has 1 N–H and O–H groups in total. The van der Waals surface area contributed by atoms with Crippen LogP contribution in [0.1, 0.15) is 30.0 Å². The normalized spacial score (nSPS) is 11.6. The third-order valence-corrected chi connectivity index (χ3v) is 5.68. The van der Waals surface area contributed by atoms with E-state index in [9.17, 15) is 9.59 Å². The van der Waals surface area contributed by atoms with E-state index in [1.165, 1.54) is 11.8 Å². The lowest BCUT2D eigenvalue weighted by molar-refractivity contribution is -0.142. The third kappa shape index (κ3) is 5.80. The second-order valence-corrected chi connectivity index (χ2v) is 8.38. The SMILES string of the molecule is CCOC(=O)[C@H](C)Sc1nnc(CNC(=O)c2ccc(OC)cc2)n1-c1cccc(Cl)c1. The van der Waals surface area contributed by atoms with E-state index in [1.54, 1.807) is 68.0 Å². The van der Waals surface area contributed by atoms with Gasteiger partial charge >= 0.3 is 5.97 Å². The molecule has 0 aliphatic heterocycles. The van der Waals surface area contributed by atoms with Crippen molar-refractivity contribution in [2.75, 3.05) is 13.7 Å². The summed E-state index contributed by atoms with van der Waals surface area (Å²) in [6.07, 6.45) is 0. The Labute approximate surface area is 195 Å². The highest BCUT2D eigenvalue weighted by Gasteiger charge is 2.22. The molecule has 32 heavy (non-hydrogen) atoms. The Bertz CT molecular complexity index is 1090.